The molecule has 1 aromatic rings. The Balaban J connectivity index is 2.74. The van der Waals surface area contributed by atoms with Crippen LogP contribution < -0.4 is 0 Å². The first kappa shape index (κ1) is 13.9. The molecule has 0 aliphatic heterocycles. The normalized spacial score (nSPS) is 12.2. The van der Waals surface area contributed by atoms with E-state index in [9.17, 15) is 4.79 Å². The molecule has 1 heterocycles. The number of aromatic nitrogens is 1. The van der Waals surface area contributed by atoms with Crippen molar-refractivity contribution in [2.75, 3.05) is 7.11 Å². The molecule has 0 saturated heterocycles. The van der Waals surface area contributed by atoms with Gasteiger partial charge < -0.3 is 0 Å². The molecule has 0 saturated carbocycles. The molecular formula is C12H17ClN2O2. The molecule has 0 aromatic carbocycles. The van der Waals surface area contributed by atoms with Gasteiger partial charge in [0.15, 0.2) is 0 Å². The fraction of sp³-hybridized carbons (Fsp3) is 0.500. The second-order valence-corrected chi connectivity index (χ2v) is 4.15. The fourth-order valence-electron chi connectivity index (χ4n) is 1.49. The molecule has 4 nitrogen and oxygen atoms in total. The van der Waals surface area contributed by atoms with E-state index in [1.807, 2.05) is 13.8 Å². The summed E-state index contributed by atoms with van der Waals surface area (Å²) in [7, 11) is 1.49. The average molecular weight is 257 g/mol. The Hall–Kier alpha value is -1.13. The molecule has 94 valence electrons. The van der Waals surface area contributed by atoms with Gasteiger partial charge in [0.05, 0.1) is 19.6 Å². The molecular weight excluding hydrogens is 240 g/mol. The van der Waals surface area contributed by atoms with E-state index in [1.54, 1.807) is 18.3 Å². The first-order valence-corrected chi connectivity index (χ1v) is 5.93. The molecule has 0 bridgehead atoms. The van der Waals surface area contributed by atoms with Crippen LogP contribution in [-0.4, -0.2) is 29.1 Å². The molecule has 1 unspecified atom stereocenters. The summed E-state index contributed by atoms with van der Waals surface area (Å²) in [4.78, 5) is 21.0. The molecule has 0 spiro atoms. The number of nitrogens with zero attached hydrogens (tertiary/aromatic N) is 2. The minimum Gasteiger partial charge on any atom is -0.274 e. The zero-order chi connectivity index (χ0) is 12.8. The largest absolute Gasteiger partial charge is 0.274 e. The predicted octanol–water partition coefficient (Wildman–Crippen LogP) is 2.47. The Morgan fingerprint density at radius 2 is 2.35 bits per heavy atom. The van der Waals surface area contributed by atoms with E-state index in [1.165, 1.54) is 12.2 Å². The summed E-state index contributed by atoms with van der Waals surface area (Å²) >= 11 is 5.91. The van der Waals surface area contributed by atoms with Crippen LogP contribution in [0.4, 0.5) is 0 Å². The molecule has 17 heavy (non-hydrogen) atoms. The maximum absolute atomic E-state index is 12.0. The summed E-state index contributed by atoms with van der Waals surface area (Å²) in [6.07, 6.45) is 2.63. The van der Waals surface area contributed by atoms with E-state index in [-0.39, 0.29) is 18.4 Å². The minimum atomic E-state index is -0.114. The topological polar surface area (TPSA) is 42.4 Å². The van der Waals surface area contributed by atoms with Gasteiger partial charge in [-0.3, -0.25) is 9.63 Å². The fourth-order valence-corrected chi connectivity index (χ4v) is 1.67. The van der Waals surface area contributed by atoms with Gasteiger partial charge in [-0.2, -0.15) is 0 Å². The Morgan fingerprint density at radius 3 is 2.88 bits per heavy atom. The standard InChI is InChI=1S/C12H17ClN2O2/c1-4-9(2)15(17-3)11(16)8-10-6-5-7-14-12(10)13/h5-7,9H,4,8H2,1-3H3. The van der Waals surface area contributed by atoms with Gasteiger partial charge in [-0.1, -0.05) is 24.6 Å². The molecule has 0 aliphatic carbocycles. The van der Waals surface area contributed by atoms with Crippen LogP contribution in [0.25, 0.3) is 0 Å². The van der Waals surface area contributed by atoms with Crippen molar-refractivity contribution in [1.82, 2.24) is 10.0 Å². The second kappa shape index (κ2) is 6.57. The van der Waals surface area contributed by atoms with Crippen molar-refractivity contribution in [1.29, 1.82) is 0 Å². The molecule has 0 radical (unpaired) electrons. The van der Waals surface area contributed by atoms with Crippen molar-refractivity contribution in [3.8, 4) is 0 Å². The summed E-state index contributed by atoms with van der Waals surface area (Å²) < 4.78 is 0. The molecule has 1 amide bonds. The summed E-state index contributed by atoms with van der Waals surface area (Å²) in [5, 5.41) is 1.74. The predicted molar refractivity (Wildman–Crippen MR) is 66.6 cm³/mol. The number of amides is 1. The number of halogens is 1. The minimum absolute atomic E-state index is 0.0444. The van der Waals surface area contributed by atoms with Crippen LogP contribution in [0.3, 0.4) is 0 Å². The van der Waals surface area contributed by atoms with Crippen molar-refractivity contribution in [2.45, 2.75) is 32.7 Å². The van der Waals surface area contributed by atoms with Crippen LogP contribution in [0.1, 0.15) is 25.8 Å². The van der Waals surface area contributed by atoms with Crippen LogP contribution in [0.2, 0.25) is 5.15 Å². The van der Waals surface area contributed by atoms with E-state index in [0.29, 0.717) is 10.7 Å². The Labute approximate surface area is 106 Å². The van der Waals surface area contributed by atoms with E-state index < -0.39 is 0 Å². The number of hydroxylamine groups is 2. The summed E-state index contributed by atoms with van der Waals surface area (Å²) in [5.74, 6) is -0.114. The molecule has 1 aromatic heterocycles. The number of carbonyl (C=O) groups excluding carboxylic acids is 1. The number of rotatable bonds is 5. The lowest BCUT2D eigenvalue weighted by atomic mass is 10.2. The van der Waals surface area contributed by atoms with Crippen LogP contribution in [0.15, 0.2) is 18.3 Å². The summed E-state index contributed by atoms with van der Waals surface area (Å²) in [5.41, 5.74) is 0.713. The van der Waals surface area contributed by atoms with Gasteiger partial charge in [0, 0.05) is 6.20 Å². The van der Waals surface area contributed by atoms with Crippen LogP contribution in [0, 0.1) is 0 Å². The van der Waals surface area contributed by atoms with E-state index in [0.717, 1.165) is 6.42 Å². The highest BCUT2D eigenvalue weighted by molar-refractivity contribution is 6.30. The third-order valence-electron chi connectivity index (χ3n) is 2.61. The molecule has 5 heteroatoms. The summed E-state index contributed by atoms with van der Waals surface area (Å²) in [6.45, 7) is 3.94. The first-order valence-electron chi connectivity index (χ1n) is 5.55. The number of carbonyl (C=O) groups is 1. The van der Waals surface area contributed by atoms with Crippen molar-refractivity contribution in [3.05, 3.63) is 29.0 Å². The maximum Gasteiger partial charge on any atom is 0.250 e. The van der Waals surface area contributed by atoms with Crippen LogP contribution in [0.5, 0.6) is 0 Å². The van der Waals surface area contributed by atoms with Crippen LogP contribution >= 0.6 is 11.6 Å². The van der Waals surface area contributed by atoms with Crippen molar-refractivity contribution < 1.29 is 9.63 Å². The van der Waals surface area contributed by atoms with Gasteiger partial charge in [-0.25, -0.2) is 10.0 Å². The van der Waals surface area contributed by atoms with Crippen molar-refractivity contribution in [3.63, 3.8) is 0 Å². The molecule has 0 N–H and O–H groups in total. The highest BCUT2D eigenvalue weighted by Crippen LogP contribution is 2.14. The monoisotopic (exact) mass is 256 g/mol. The zero-order valence-electron chi connectivity index (χ0n) is 10.3. The highest BCUT2D eigenvalue weighted by Gasteiger charge is 2.19. The average Bonchev–Trinajstić information content (AvgIpc) is 2.32. The van der Waals surface area contributed by atoms with Gasteiger partial charge in [0.1, 0.15) is 5.15 Å². The molecule has 0 fully saturated rings. The van der Waals surface area contributed by atoms with Gasteiger partial charge >= 0.3 is 0 Å². The maximum atomic E-state index is 12.0. The quantitative estimate of drug-likeness (QED) is 0.600. The lowest BCUT2D eigenvalue weighted by molar-refractivity contribution is -0.186. The lowest BCUT2D eigenvalue weighted by Crippen LogP contribution is -2.38. The van der Waals surface area contributed by atoms with Gasteiger partial charge in [-0.15, -0.1) is 0 Å². The van der Waals surface area contributed by atoms with Crippen molar-refractivity contribution in [2.24, 2.45) is 0 Å². The third-order valence-corrected chi connectivity index (χ3v) is 2.95. The van der Waals surface area contributed by atoms with Gasteiger partial charge in [-0.05, 0) is 25.0 Å². The number of hydrogen-bond acceptors (Lipinski definition) is 3. The van der Waals surface area contributed by atoms with Gasteiger partial charge in [0.2, 0.25) is 0 Å². The number of hydrogen-bond donors (Lipinski definition) is 0. The van der Waals surface area contributed by atoms with E-state index >= 15 is 0 Å². The highest BCUT2D eigenvalue weighted by atomic mass is 35.5. The smallest absolute Gasteiger partial charge is 0.250 e. The zero-order valence-corrected chi connectivity index (χ0v) is 11.1. The SMILES string of the molecule is CCC(C)N(OC)C(=O)Cc1cccnc1Cl. The molecule has 1 rings (SSSR count). The second-order valence-electron chi connectivity index (χ2n) is 3.79. The lowest BCUT2D eigenvalue weighted by Gasteiger charge is -2.25. The first-order chi connectivity index (χ1) is 8.10. The Kier molecular flexibility index (Phi) is 5.38. The molecule has 0 aliphatic rings. The van der Waals surface area contributed by atoms with Crippen molar-refractivity contribution >= 4 is 17.5 Å². The summed E-state index contributed by atoms with van der Waals surface area (Å²) in [6, 6.07) is 3.59. The van der Waals surface area contributed by atoms with Gasteiger partial charge in [0.25, 0.3) is 5.91 Å². The Morgan fingerprint density at radius 1 is 1.65 bits per heavy atom. The van der Waals surface area contributed by atoms with Crippen LogP contribution in [-0.2, 0) is 16.1 Å². The van der Waals surface area contributed by atoms with E-state index in [4.69, 9.17) is 16.4 Å². The molecule has 1 atom stereocenters. The number of pyridine rings is 1. The Bertz CT molecular complexity index is 385. The third kappa shape index (κ3) is 3.68. The van der Waals surface area contributed by atoms with E-state index in [2.05, 4.69) is 4.98 Å².